The fourth-order valence-electron chi connectivity index (χ4n) is 2.75. The van der Waals surface area contributed by atoms with Crippen molar-refractivity contribution in [2.75, 3.05) is 0 Å². The van der Waals surface area contributed by atoms with E-state index in [0.717, 1.165) is 12.8 Å². The van der Waals surface area contributed by atoms with Gasteiger partial charge >= 0.3 is 133 Å². The van der Waals surface area contributed by atoms with E-state index in [4.69, 9.17) is 0 Å². The van der Waals surface area contributed by atoms with Crippen LogP contribution in [0.25, 0.3) is 0 Å². The molecule has 0 amide bonds. The Bertz CT molecular complexity index is 572. The summed E-state index contributed by atoms with van der Waals surface area (Å²) in [5.41, 5.74) is 5.24. The van der Waals surface area contributed by atoms with Gasteiger partial charge in [0.2, 0.25) is 0 Å². The normalized spacial score (nSPS) is 22.3. The number of rotatable bonds is 2. The van der Waals surface area contributed by atoms with Crippen molar-refractivity contribution in [3.63, 3.8) is 0 Å². The van der Waals surface area contributed by atoms with Crippen LogP contribution in [0, 0.1) is 13.8 Å². The molecular formula is C19H20OSe. The predicted octanol–water partition coefficient (Wildman–Crippen LogP) is 4.15. The van der Waals surface area contributed by atoms with Gasteiger partial charge in [0.05, 0.1) is 0 Å². The van der Waals surface area contributed by atoms with E-state index in [1.165, 1.54) is 22.3 Å². The minimum absolute atomic E-state index is 0.416. The Labute approximate surface area is 132 Å². The van der Waals surface area contributed by atoms with E-state index in [2.05, 4.69) is 62.4 Å². The summed E-state index contributed by atoms with van der Waals surface area (Å²) in [6.45, 7) is 4.21. The second-order valence-corrected chi connectivity index (χ2v) is 8.84. The third-order valence-corrected chi connectivity index (χ3v) is 7.27. The van der Waals surface area contributed by atoms with Crippen LogP contribution in [0.5, 0.6) is 0 Å². The summed E-state index contributed by atoms with van der Waals surface area (Å²) >= 11 is 0.443. The van der Waals surface area contributed by atoms with E-state index in [1.54, 1.807) is 0 Å². The first-order valence-corrected chi connectivity index (χ1v) is 9.40. The van der Waals surface area contributed by atoms with E-state index in [1.807, 2.05) is 0 Å². The van der Waals surface area contributed by atoms with Crippen molar-refractivity contribution in [1.82, 2.24) is 0 Å². The molecule has 2 atom stereocenters. The van der Waals surface area contributed by atoms with Gasteiger partial charge in [0.1, 0.15) is 0 Å². The maximum atomic E-state index is 12.2. The van der Waals surface area contributed by atoms with Gasteiger partial charge < -0.3 is 0 Å². The van der Waals surface area contributed by atoms with E-state index < -0.39 is 0 Å². The van der Waals surface area contributed by atoms with Crippen molar-refractivity contribution in [1.29, 1.82) is 0 Å². The van der Waals surface area contributed by atoms with Gasteiger partial charge in [0.25, 0.3) is 0 Å². The molecule has 2 heteroatoms. The van der Waals surface area contributed by atoms with Crippen LogP contribution >= 0.6 is 0 Å². The molecule has 0 bridgehead atoms. The Morgan fingerprint density at radius 2 is 1.14 bits per heavy atom. The van der Waals surface area contributed by atoms with Gasteiger partial charge in [0.15, 0.2) is 0 Å². The summed E-state index contributed by atoms with van der Waals surface area (Å²) in [4.78, 5) is 13.0. The van der Waals surface area contributed by atoms with Crippen molar-refractivity contribution in [2.45, 2.75) is 36.3 Å². The molecule has 0 spiro atoms. The molecule has 2 aromatic carbocycles. The Balaban J connectivity index is 1.82. The number of Topliss-reactive ketones (excluding diaryl/α,β-unsaturated/α-hetero) is 1. The van der Waals surface area contributed by atoms with Crippen LogP contribution in [0.2, 0.25) is 0 Å². The SMILES string of the molecule is Cc1ccc([C@@H]2CC(=O)C[C@H](c3ccc(C)cc3)[Se]2)cc1. The average Bonchev–Trinajstić information content (AvgIpc) is 2.48. The quantitative estimate of drug-likeness (QED) is 0.749. The molecular weight excluding hydrogens is 323 g/mol. The second-order valence-electron chi connectivity index (χ2n) is 5.88. The van der Waals surface area contributed by atoms with Crippen molar-refractivity contribution in [3.8, 4) is 0 Å². The molecule has 0 aliphatic carbocycles. The zero-order valence-corrected chi connectivity index (χ0v) is 14.2. The van der Waals surface area contributed by atoms with Crippen LogP contribution in [0.1, 0.15) is 44.7 Å². The summed E-state index contributed by atoms with van der Waals surface area (Å²) in [6, 6.07) is 17.4. The van der Waals surface area contributed by atoms with Crippen LogP contribution in [0.3, 0.4) is 0 Å². The summed E-state index contributed by atoms with van der Waals surface area (Å²) in [6.07, 6.45) is 1.46. The van der Waals surface area contributed by atoms with Crippen LogP contribution in [0.4, 0.5) is 0 Å². The molecule has 108 valence electrons. The Morgan fingerprint density at radius 1 is 0.762 bits per heavy atom. The first kappa shape index (κ1) is 14.6. The molecule has 1 nitrogen and oxygen atoms in total. The zero-order valence-electron chi connectivity index (χ0n) is 12.5. The van der Waals surface area contributed by atoms with Crippen LogP contribution in [0.15, 0.2) is 48.5 Å². The molecule has 2 aromatic rings. The molecule has 0 radical (unpaired) electrons. The van der Waals surface area contributed by atoms with Crippen molar-refractivity contribution < 1.29 is 4.79 Å². The summed E-state index contributed by atoms with van der Waals surface area (Å²) in [7, 11) is 0. The maximum absolute atomic E-state index is 12.2. The van der Waals surface area contributed by atoms with Crippen molar-refractivity contribution >= 4 is 20.7 Å². The third-order valence-electron chi connectivity index (χ3n) is 4.05. The number of aryl methyl sites for hydroxylation is 2. The van der Waals surface area contributed by atoms with Gasteiger partial charge in [-0.1, -0.05) is 0 Å². The number of benzene rings is 2. The van der Waals surface area contributed by atoms with E-state index in [-0.39, 0.29) is 0 Å². The fraction of sp³-hybridized carbons (Fsp3) is 0.316. The molecule has 1 fully saturated rings. The van der Waals surface area contributed by atoms with Crippen molar-refractivity contribution in [2.24, 2.45) is 0 Å². The predicted molar refractivity (Wildman–Crippen MR) is 87.8 cm³/mol. The summed E-state index contributed by atoms with van der Waals surface area (Å²) in [5.74, 6) is 0.416. The zero-order chi connectivity index (χ0) is 14.8. The van der Waals surface area contributed by atoms with Gasteiger partial charge in [0, 0.05) is 0 Å². The molecule has 21 heavy (non-hydrogen) atoms. The van der Waals surface area contributed by atoms with E-state index in [0.29, 0.717) is 30.4 Å². The molecule has 0 N–H and O–H groups in total. The van der Waals surface area contributed by atoms with Gasteiger partial charge in [-0.25, -0.2) is 0 Å². The van der Waals surface area contributed by atoms with Gasteiger partial charge in [-0.3, -0.25) is 0 Å². The Hall–Kier alpha value is -1.37. The first-order chi connectivity index (χ1) is 10.1. The number of carbonyl (C=O) groups excluding carboxylic acids is 1. The van der Waals surface area contributed by atoms with Gasteiger partial charge in [-0.15, -0.1) is 0 Å². The second kappa shape index (κ2) is 6.17. The summed E-state index contributed by atoms with van der Waals surface area (Å²) < 4.78 is 0. The third kappa shape index (κ3) is 3.45. The molecule has 0 aromatic heterocycles. The Kier molecular flexibility index (Phi) is 4.28. The monoisotopic (exact) mass is 344 g/mol. The van der Waals surface area contributed by atoms with Crippen LogP contribution in [-0.2, 0) is 4.79 Å². The van der Waals surface area contributed by atoms with Gasteiger partial charge in [-0.2, -0.15) is 0 Å². The van der Waals surface area contributed by atoms with Crippen LogP contribution in [-0.4, -0.2) is 20.7 Å². The molecule has 1 aliphatic rings. The Morgan fingerprint density at radius 3 is 1.52 bits per heavy atom. The first-order valence-electron chi connectivity index (χ1n) is 7.42. The minimum atomic E-state index is 0.416. The van der Waals surface area contributed by atoms with Crippen molar-refractivity contribution in [3.05, 3.63) is 70.8 Å². The fourth-order valence-corrected chi connectivity index (χ4v) is 6.08. The number of hydrogen-bond donors (Lipinski definition) is 0. The number of ketones is 1. The van der Waals surface area contributed by atoms with Gasteiger partial charge in [-0.05, 0) is 0 Å². The average molecular weight is 343 g/mol. The van der Waals surface area contributed by atoms with Crippen LogP contribution < -0.4 is 0 Å². The number of hydrogen-bond acceptors (Lipinski definition) is 1. The summed E-state index contributed by atoms with van der Waals surface area (Å²) in [5, 5.41) is 0. The van der Waals surface area contributed by atoms with E-state index >= 15 is 0 Å². The molecule has 1 saturated heterocycles. The van der Waals surface area contributed by atoms with E-state index in [9.17, 15) is 4.79 Å². The topological polar surface area (TPSA) is 17.1 Å². The molecule has 3 rings (SSSR count). The molecule has 0 saturated carbocycles. The molecule has 1 heterocycles. The standard InChI is InChI=1S/C19H20OSe/c1-13-3-7-15(8-4-13)18-11-17(20)12-19(21-18)16-9-5-14(2)6-10-16/h3-10,18-19H,11-12H2,1-2H3/t18-,19+. The molecule has 1 aliphatic heterocycles. The number of carbonyl (C=O) groups is 1. The molecule has 0 unspecified atom stereocenters.